The van der Waals surface area contributed by atoms with E-state index in [2.05, 4.69) is 15.6 Å². The summed E-state index contributed by atoms with van der Waals surface area (Å²) in [6.45, 7) is 0.199. The Balaban J connectivity index is 1.37. The highest BCUT2D eigenvalue weighted by Gasteiger charge is 2.21. The molecule has 156 valence electrons. The van der Waals surface area contributed by atoms with E-state index in [-0.39, 0.29) is 30.7 Å². The van der Waals surface area contributed by atoms with Gasteiger partial charge in [-0.2, -0.15) is 0 Å². The minimum absolute atomic E-state index is 0.0766. The number of carbonyl (C=O) groups is 2. The van der Waals surface area contributed by atoms with Gasteiger partial charge in [-0.25, -0.2) is 9.07 Å². The van der Waals surface area contributed by atoms with Crippen molar-refractivity contribution in [1.82, 2.24) is 25.2 Å². The quantitative estimate of drug-likeness (QED) is 0.679. The molecule has 1 heterocycles. The maximum Gasteiger partial charge on any atom is 0.254 e. The maximum atomic E-state index is 12.9. The number of hydrogen-bond acceptors (Lipinski definition) is 4. The third kappa shape index (κ3) is 4.32. The molecule has 1 aromatic heterocycles. The van der Waals surface area contributed by atoms with Crippen LogP contribution in [0.2, 0.25) is 0 Å². The van der Waals surface area contributed by atoms with Crippen molar-refractivity contribution in [2.45, 2.75) is 38.3 Å². The van der Waals surface area contributed by atoms with Crippen molar-refractivity contribution < 1.29 is 14.0 Å². The summed E-state index contributed by atoms with van der Waals surface area (Å²) in [7, 11) is 1.58. The van der Waals surface area contributed by atoms with Gasteiger partial charge in [-0.3, -0.25) is 9.59 Å². The molecule has 2 aromatic carbocycles. The molecule has 4 rings (SSSR count). The van der Waals surface area contributed by atoms with E-state index in [1.165, 1.54) is 29.9 Å². The van der Waals surface area contributed by atoms with E-state index in [0.717, 1.165) is 23.9 Å². The molecular weight excluding hydrogens is 385 g/mol. The Bertz CT molecular complexity index is 1060. The van der Waals surface area contributed by atoms with Gasteiger partial charge in [-0.05, 0) is 48.7 Å². The van der Waals surface area contributed by atoms with Crippen molar-refractivity contribution in [3.63, 3.8) is 0 Å². The van der Waals surface area contributed by atoms with Gasteiger partial charge in [-0.1, -0.05) is 30.2 Å². The van der Waals surface area contributed by atoms with Crippen molar-refractivity contribution in [2.75, 3.05) is 13.6 Å². The number of nitrogens with one attached hydrogen (secondary N) is 1. The summed E-state index contributed by atoms with van der Waals surface area (Å²) < 4.78 is 14.9. The first-order valence-electron chi connectivity index (χ1n) is 10.1. The second-order valence-electron chi connectivity index (χ2n) is 7.74. The summed E-state index contributed by atoms with van der Waals surface area (Å²) in [5, 5.41) is 11.3. The number of fused-ring (bicyclic) bond motifs is 1. The monoisotopic (exact) mass is 409 g/mol. The fraction of sp³-hybridized carbons (Fsp3) is 0.364. The van der Waals surface area contributed by atoms with E-state index < -0.39 is 0 Å². The topological polar surface area (TPSA) is 80.1 Å². The molecule has 0 radical (unpaired) electrons. The summed E-state index contributed by atoms with van der Waals surface area (Å²) in [6, 6.07) is 11.6. The van der Waals surface area contributed by atoms with Crippen LogP contribution in [0.1, 0.15) is 47.6 Å². The zero-order valence-electron chi connectivity index (χ0n) is 16.8. The molecule has 1 aliphatic rings. The van der Waals surface area contributed by atoms with E-state index in [9.17, 15) is 14.0 Å². The maximum absolute atomic E-state index is 12.9. The second kappa shape index (κ2) is 8.61. The van der Waals surface area contributed by atoms with E-state index in [0.29, 0.717) is 17.1 Å². The number of rotatable bonds is 6. The minimum atomic E-state index is -0.323. The number of halogens is 1. The summed E-state index contributed by atoms with van der Waals surface area (Å²) >= 11 is 0. The molecule has 7 nitrogen and oxygen atoms in total. The molecule has 1 fully saturated rings. The first-order valence-corrected chi connectivity index (χ1v) is 10.1. The van der Waals surface area contributed by atoms with Crippen LogP contribution in [0.15, 0.2) is 42.5 Å². The van der Waals surface area contributed by atoms with Crippen LogP contribution in [0.25, 0.3) is 11.0 Å². The number of nitrogens with zero attached hydrogens (tertiary/aromatic N) is 4. The highest BCUT2D eigenvalue weighted by atomic mass is 19.1. The first-order chi connectivity index (χ1) is 14.5. The highest BCUT2D eigenvalue weighted by Crippen LogP contribution is 2.31. The standard InChI is InChI=1S/C22H24FN5O2/c1-27(14-21(29)24-13-15-6-9-17(23)10-7-15)22(30)16-8-11-20-19(12-16)25-26-28(20)18-4-2-3-5-18/h6-12,18H,2-5,13-14H2,1H3,(H,24,29). The van der Waals surface area contributed by atoms with Gasteiger partial charge in [-0.15, -0.1) is 5.10 Å². The molecule has 0 spiro atoms. The number of carbonyl (C=O) groups excluding carboxylic acids is 2. The predicted octanol–water partition coefficient (Wildman–Crippen LogP) is 3.07. The van der Waals surface area contributed by atoms with Crippen molar-refractivity contribution in [2.24, 2.45) is 0 Å². The van der Waals surface area contributed by atoms with Crippen LogP contribution < -0.4 is 5.32 Å². The normalized spacial score (nSPS) is 14.2. The number of aromatic nitrogens is 3. The smallest absolute Gasteiger partial charge is 0.254 e. The van der Waals surface area contributed by atoms with Crippen LogP contribution in [-0.4, -0.2) is 45.3 Å². The molecule has 1 N–H and O–H groups in total. The third-order valence-corrected chi connectivity index (χ3v) is 5.52. The van der Waals surface area contributed by atoms with Gasteiger partial charge in [0.1, 0.15) is 11.3 Å². The summed E-state index contributed by atoms with van der Waals surface area (Å²) in [6.07, 6.45) is 4.62. The van der Waals surface area contributed by atoms with Gasteiger partial charge in [0.25, 0.3) is 5.91 Å². The molecule has 2 amide bonds. The fourth-order valence-corrected chi connectivity index (χ4v) is 3.86. The van der Waals surface area contributed by atoms with Crippen LogP contribution >= 0.6 is 0 Å². The molecule has 0 bridgehead atoms. The van der Waals surface area contributed by atoms with Crippen molar-refractivity contribution in [1.29, 1.82) is 0 Å². The first kappa shape index (κ1) is 20.0. The Labute approximate surface area is 173 Å². The van der Waals surface area contributed by atoms with Crippen LogP contribution in [0.4, 0.5) is 4.39 Å². The molecule has 3 aromatic rings. The Morgan fingerprint density at radius 3 is 2.63 bits per heavy atom. The second-order valence-corrected chi connectivity index (χ2v) is 7.74. The molecule has 0 aliphatic heterocycles. The van der Waals surface area contributed by atoms with Gasteiger partial charge in [0.15, 0.2) is 0 Å². The fourth-order valence-electron chi connectivity index (χ4n) is 3.86. The summed E-state index contributed by atoms with van der Waals surface area (Å²) in [4.78, 5) is 26.3. The van der Waals surface area contributed by atoms with E-state index in [1.807, 2.05) is 10.7 Å². The molecule has 0 unspecified atom stereocenters. The van der Waals surface area contributed by atoms with Gasteiger partial charge >= 0.3 is 0 Å². The zero-order chi connectivity index (χ0) is 21.1. The lowest BCUT2D eigenvalue weighted by Gasteiger charge is -2.17. The van der Waals surface area contributed by atoms with E-state index >= 15 is 0 Å². The summed E-state index contributed by atoms with van der Waals surface area (Å²) in [5.41, 5.74) is 2.87. The lowest BCUT2D eigenvalue weighted by atomic mass is 10.1. The molecule has 8 heteroatoms. The number of hydrogen-bond donors (Lipinski definition) is 1. The summed E-state index contributed by atoms with van der Waals surface area (Å²) in [5.74, 6) is -0.872. The van der Waals surface area contributed by atoms with Gasteiger partial charge < -0.3 is 10.2 Å². The number of amides is 2. The molecule has 0 saturated heterocycles. The van der Waals surface area contributed by atoms with Gasteiger partial charge in [0.2, 0.25) is 5.91 Å². The van der Waals surface area contributed by atoms with Crippen molar-refractivity contribution in [3.8, 4) is 0 Å². The Morgan fingerprint density at radius 2 is 1.90 bits per heavy atom. The largest absolute Gasteiger partial charge is 0.350 e. The van der Waals surface area contributed by atoms with Crippen LogP contribution in [-0.2, 0) is 11.3 Å². The average molecular weight is 409 g/mol. The van der Waals surface area contributed by atoms with Gasteiger partial charge in [0, 0.05) is 19.2 Å². The highest BCUT2D eigenvalue weighted by molar-refractivity contribution is 5.98. The minimum Gasteiger partial charge on any atom is -0.350 e. The molecule has 30 heavy (non-hydrogen) atoms. The number of likely N-dealkylation sites (N-methyl/N-ethyl adjacent to an activating group) is 1. The van der Waals surface area contributed by atoms with Gasteiger partial charge in [0.05, 0.1) is 18.1 Å². The Morgan fingerprint density at radius 1 is 1.17 bits per heavy atom. The van der Waals surface area contributed by atoms with Crippen LogP contribution in [0.5, 0.6) is 0 Å². The van der Waals surface area contributed by atoms with Crippen LogP contribution in [0.3, 0.4) is 0 Å². The lowest BCUT2D eigenvalue weighted by molar-refractivity contribution is -0.121. The molecular formula is C22H24FN5O2. The molecule has 1 aliphatic carbocycles. The lowest BCUT2D eigenvalue weighted by Crippen LogP contribution is -2.38. The van der Waals surface area contributed by atoms with E-state index in [4.69, 9.17) is 0 Å². The van der Waals surface area contributed by atoms with Crippen molar-refractivity contribution >= 4 is 22.8 Å². The SMILES string of the molecule is CN(CC(=O)NCc1ccc(F)cc1)C(=O)c1ccc2c(c1)nnn2C1CCCC1. The average Bonchev–Trinajstić information content (AvgIpc) is 3.41. The Kier molecular flexibility index (Phi) is 5.74. The van der Waals surface area contributed by atoms with Crippen LogP contribution in [0, 0.1) is 5.82 Å². The van der Waals surface area contributed by atoms with E-state index in [1.54, 1.807) is 31.3 Å². The van der Waals surface area contributed by atoms with Crippen molar-refractivity contribution in [3.05, 3.63) is 59.4 Å². The molecule has 0 atom stereocenters. The predicted molar refractivity (Wildman–Crippen MR) is 110 cm³/mol. The molecule has 1 saturated carbocycles. The Hall–Kier alpha value is -3.29. The number of benzene rings is 2. The zero-order valence-corrected chi connectivity index (χ0v) is 16.8. The third-order valence-electron chi connectivity index (χ3n) is 5.52.